The minimum absolute atomic E-state index is 0.0808. The molecular weight excluding hydrogens is 255 g/mol. The van der Waals surface area contributed by atoms with Crippen molar-refractivity contribution < 1.29 is 17.9 Å². The van der Waals surface area contributed by atoms with Crippen LogP contribution < -0.4 is 10.1 Å². The molecule has 0 heterocycles. The third-order valence-corrected chi connectivity index (χ3v) is 2.87. The van der Waals surface area contributed by atoms with Crippen molar-refractivity contribution in [2.24, 2.45) is 0 Å². The molecule has 108 valence electrons. The molecule has 0 aromatic heterocycles. The Morgan fingerprint density at radius 2 is 2.05 bits per heavy atom. The van der Waals surface area contributed by atoms with Crippen molar-refractivity contribution in [2.75, 3.05) is 13.7 Å². The van der Waals surface area contributed by atoms with Crippen LogP contribution in [-0.4, -0.2) is 19.8 Å². The van der Waals surface area contributed by atoms with Gasteiger partial charge in [-0.15, -0.1) is 0 Å². The highest BCUT2D eigenvalue weighted by Gasteiger charge is 2.26. The highest BCUT2D eigenvalue weighted by Crippen LogP contribution is 2.27. The average Bonchev–Trinajstić information content (AvgIpc) is 2.34. The first-order valence-corrected chi connectivity index (χ1v) is 6.43. The molecule has 19 heavy (non-hydrogen) atoms. The molecule has 0 aliphatic carbocycles. The van der Waals surface area contributed by atoms with Gasteiger partial charge in [0.25, 0.3) is 0 Å². The zero-order valence-electron chi connectivity index (χ0n) is 11.3. The predicted molar refractivity (Wildman–Crippen MR) is 69.3 cm³/mol. The van der Waals surface area contributed by atoms with Gasteiger partial charge in [0.15, 0.2) is 0 Å². The van der Waals surface area contributed by atoms with Crippen molar-refractivity contribution in [3.8, 4) is 5.75 Å². The maximum absolute atomic E-state index is 12.1. The molecule has 0 saturated heterocycles. The Morgan fingerprint density at radius 3 is 2.63 bits per heavy atom. The number of alkyl halides is 3. The number of hydrogen-bond acceptors (Lipinski definition) is 2. The lowest BCUT2D eigenvalue weighted by atomic mass is 10.0. The summed E-state index contributed by atoms with van der Waals surface area (Å²) in [5.74, 6) is 0.746. The number of ether oxygens (including phenoxy) is 1. The lowest BCUT2D eigenvalue weighted by molar-refractivity contribution is -0.135. The lowest BCUT2D eigenvalue weighted by Gasteiger charge is -2.18. The molecule has 1 rings (SSSR count). The van der Waals surface area contributed by atoms with E-state index in [-0.39, 0.29) is 12.5 Å². The second-order valence-electron chi connectivity index (χ2n) is 4.35. The van der Waals surface area contributed by atoms with Crippen LogP contribution in [0, 0.1) is 0 Å². The summed E-state index contributed by atoms with van der Waals surface area (Å²) in [5.41, 5.74) is 0.954. The summed E-state index contributed by atoms with van der Waals surface area (Å²) in [6, 6.07) is 7.39. The maximum Gasteiger partial charge on any atom is 0.389 e. The maximum atomic E-state index is 12.1. The molecule has 0 bridgehead atoms. The molecule has 0 amide bonds. The molecule has 0 saturated carbocycles. The zero-order chi connectivity index (χ0) is 14.3. The molecular formula is C14H20F3NO. The molecule has 0 radical (unpaired) electrons. The zero-order valence-corrected chi connectivity index (χ0v) is 11.3. The van der Waals surface area contributed by atoms with Gasteiger partial charge >= 0.3 is 6.18 Å². The molecule has 1 aromatic rings. The third-order valence-electron chi connectivity index (χ3n) is 2.87. The molecule has 0 aliphatic heterocycles. The van der Waals surface area contributed by atoms with Crippen LogP contribution in [0.2, 0.25) is 0 Å². The normalized spacial score (nSPS) is 13.3. The first-order valence-electron chi connectivity index (χ1n) is 6.43. The number of hydrogen-bond donors (Lipinski definition) is 1. The van der Waals surface area contributed by atoms with Crippen LogP contribution in [-0.2, 0) is 0 Å². The average molecular weight is 275 g/mol. The van der Waals surface area contributed by atoms with E-state index in [0.29, 0.717) is 13.0 Å². The smallest absolute Gasteiger partial charge is 0.389 e. The van der Waals surface area contributed by atoms with E-state index in [1.54, 1.807) is 7.05 Å². The van der Waals surface area contributed by atoms with E-state index in [9.17, 15) is 13.2 Å². The Kier molecular flexibility index (Phi) is 6.15. The number of benzene rings is 1. The molecule has 0 aliphatic rings. The van der Waals surface area contributed by atoms with Gasteiger partial charge in [-0.1, -0.05) is 12.1 Å². The number of halogens is 3. The summed E-state index contributed by atoms with van der Waals surface area (Å²) in [6.45, 7) is 2.47. The molecule has 0 fully saturated rings. The van der Waals surface area contributed by atoms with E-state index in [1.165, 1.54) is 0 Å². The van der Waals surface area contributed by atoms with Crippen LogP contribution in [0.15, 0.2) is 24.3 Å². The summed E-state index contributed by atoms with van der Waals surface area (Å²) in [5, 5.41) is 3.05. The van der Waals surface area contributed by atoms with Crippen molar-refractivity contribution in [3.05, 3.63) is 29.8 Å². The standard InChI is InChI=1S/C14H20F3NO/c1-3-19-12-7-4-6-11(10-12)13(18-2)8-5-9-14(15,16)17/h4,6-7,10,13,18H,3,5,8-9H2,1-2H3. The van der Waals surface area contributed by atoms with Gasteiger partial charge in [-0.3, -0.25) is 0 Å². The van der Waals surface area contributed by atoms with E-state index >= 15 is 0 Å². The lowest BCUT2D eigenvalue weighted by Crippen LogP contribution is -2.17. The van der Waals surface area contributed by atoms with Crippen molar-refractivity contribution in [1.29, 1.82) is 0 Å². The van der Waals surface area contributed by atoms with Crippen molar-refractivity contribution in [1.82, 2.24) is 5.32 Å². The number of rotatable bonds is 7. The quantitative estimate of drug-likeness (QED) is 0.809. The summed E-state index contributed by atoms with van der Waals surface area (Å²) >= 11 is 0. The molecule has 1 atom stereocenters. The van der Waals surface area contributed by atoms with Gasteiger partial charge in [0, 0.05) is 12.5 Å². The highest BCUT2D eigenvalue weighted by atomic mass is 19.4. The van der Waals surface area contributed by atoms with Gasteiger partial charge in [-0.05, 0) is 44.5 Å². The van der Waals surface area contributed by atoms with Crippen LogP contribution in [0.25, 0.3) is 0 Å². The van der Waals surface area contributed by atoms with Crippen LogP contribution >= 0.6 is 0 Å². The summed E-state index contributed by atoms with van der Waals surface area (Å²) in [7, 11) is 1.76. The second kappa shape index (κ2) is 7.38. The van der Waals surface area contributed by atoms with Crippen molar-refractivity contribution >= 4 is 0 Å². The number of nitrogens with one attached hydrogen (secondary N) is 1. The van der Waals surface area contributed by atoms with Crippen LogP contribution in [0.3, 0.4) is 0 Å². The third kappa shape index (κ3) is 5.96. The largest absolute Gasteiger partial charge is 0.494 e. The Balaban J connectivity index is 2.61. The van der Waals surface area contributed by atoms with E-state index in [0.717, 1.165) is 11.3 Å². The molecule has 1 aromatic carbocycles. The molecule has 5 heteroatoms. The summed E-state index contributed by atoms with van der Waals surface area (Å²) in [6.07, 6.45) is -4.25. The second-order valence-corrected chi connectivity index (χ2v) is 4.35. The van der Waals surface area contributed by atoms with Gasteiger partial charge in [0.1, 0.15) is 5.75 Å². The Hall–Kier alpha value is -1.23. The van der Waals surface area contributed by atoms with E-state index < -0.39 is 12.6 Å². The van der Waals surface area contributed by atoms with Gasteiger partial charge < -0.3 is 10.1 Å². The van der Waals surface area contributed by atoms with Gasteiger partial charge in [-0.2, -0.15) is 13.2 Å². The first kappa shape index (κ1) is 15.8. The fraction of sp³-hybridized carbons (Fsp3) is 0.571. The van der Waals surface area contributed by atoms with Gasteiger partial charge in [-0.25, -0.2) is 0 Å². The monoisotopic (exact) mass is 275 g/mol. The molecule has 2 nitrogen and oxygen atoms in total. The van der Waals surface area contributed by atoms with Crippen LogP contribution in [0.5, 0.6) is 5.75 Å². The molecule has 0 spiro atoms. The van der Waals surface area contributed by atoms with E-state index in [4.69, 9.17) is 4.74 Å². The van der Waals surface area contributed by atoms with E-state index in [1.807, 2.05) is 31.2 Å². The fourth-order valence-corrected chi connectivity index (χ4v) is 1.97. The molecule has 1 N–H and O–H groups in total. The van der Waals surface area contributed by atoms with Gasteiger partial charge in [0.2, 0.25) is 0 Å². The van der Waals surface area contributed by atoms with Crippen molar-refractivity contribution in [2.45, 2.75) is 38.4 Å². The van der Waals surface area contributed by atoms with Gasteiger partial charge in [0.05, 0.1) is 6.61 Å². The molecule has 1 unspecified atom stereocenters. The minimum atomic E-state index is -4.08. The van der Waals surface area contributed by atoms with E-state index in [2.05, 4.69) is 5.32 Å². The summed E-state index contributed by atoms with van der Waals surface area (Å²) in [4.78, 5) is 0. The minimum Gasteiger partial charge on any atom is -0.494 e. The Labute approximate surface area is 112 Å². The highest BCUT2D eigenvalue weighted by molar-refractivity contribution is 5.30. The SMILES string of the molecule is CCOc1cccc(C(CCCC(F)(F)F)NC)c1. The fourth-order valence-electron chi connectivity index (χ4n) is 1.97. The van der Waals surface area contributed by atoms with Crippen LogP contribution in [0.4, 0.5) is 13.2 Å². The first-order chi connectivity index (χ1) is 8.96. The van der Waals surface area contributed by atoms with Crippen LogP contribution in [0.1, 0.15) is 37.8 Å². The predicted octanol–water partition coefficient (Wildman–Crippen LogP) is 4.08. The topological polar surface area (TPSA) is 21.3 Å². The summed E-state index contributed by atoms with van der Waals surface area (Å²) < 4.78 is 41.8. The Morgan fingerprint density at radius 1 is 1.32 bits per heavy atom. The van der Waals surface area contributed by atoms with Crippen molar-refractivity contribution in [3.63, 3.8) is 0 Å². The Bertz CT molecular complexity index is 379.